The molecule has 1 atom stereocenters. The van der Waals surface area contributed by atoms with E-state index < -0.39 is 0 Å². The molecule has 0 radical (unpaired) electrons. The molecular weight excluding hydrogens is 865 g/mol. The van der Waals surface area contributed by atoms with Crippen molar-refractivity contribution in [3.63, 3.8) is 0 Å². The van der Waals surface area contributed by atoms with Crippen molar-refractivity contribution in [3.05, 3.63) is 144 Å². The Morgan fingerprint density at radius 2 is 0.543 bits per heavy atom. The summed E-state index contributed by atoms with van der Waals surface area (Å²) >= 11 is 0. The summed E-state index contributed by atoms with van der Waals surface area (Å²) in [7, 11) is 6.52. The lowest BCUT2D eigenvalue weighted by atomic mass is 10.2. The summed E-state index contributed by atoms with van der Waals surface area (Å²) in [6.45, 7) is 42.5. The average Bonchev–Trinajstić information content (AvgIpc) is 3.39. The normalized spacial score (nSPS) is 12.4. The molecule has 4 aromatic rings. The number of unbranched alkanes of at least 4 members (excludes halogenated alkanes) is 1. The maximum atomic E-state index is 5.89. The molecule has 0 aromatic heterocycles. The molecule has 0 saturated carbocycles. The monoisotopic (exact) mass is 973 g/mol. The highest BCUT2D eigenvalue weighted by Gasteiger charge is 2.24. The van der Waals surface area contributed by atoms with Gasteiger partial charge in [-0.2, -0.15) is 0 Å². The maximum absolute atomic E-state index is 5.89. The second-order valence-electron chi connectivity index (χ2n) is 20.2. The van der Waals surface area contributed by atoms with Crippen molar-refractivity contribution < 1.29 is 36.9 Å². The molecule has 4 aromatic carbocycles. The van der Waals surface area contributed by atoms with E-state index in [1.165, 1.54) is 122 Å². The molecule has 0 aliphatic heterocycles. The Morgan fingerprint density at radius 3 is 0.786 bits per heavy atom. The zero-order chi connectivity index (χ0) is 51.7. The fourth-order valence-corrected chi connectivity index (χ4v) is 8.85. The summed E-state index contributed by atoms with van der Waals surface area (Å²) in [5.74, 6) is 0. The van der Waals surface area contributed by atoms with E-state index in [-0.39, 0.29) is 0 Å². The first kappa shape index (κ1) is 64.6. The topological polar surface area (TPSA) is 36.9 Å². The van der Waals surface area contributed by atoms with E-state index in [0.717, 1.165) is 88.0 Å². The van der Waals surface area contributed by atoms with Gasteiger partial charge in [0, 0.05) is 0 Å². The second-order valence-corrected chi connectivity index (χ2v) is 20.2. The Kier molecular flexibility index (Phi) is 37.0. The van der Waals surface area contributed by atoms with E-state index in [2.05, 4.69) is 174 Å². The van der Waals surface area contributed by atoms with Crippen LogP contribution in [0.25, 0.3) is 0 Å². The van der Waals surface area contributed by atoms with Crippen LogP contribution in [0.15, 0.2) is 121 Å². The third-order valence-corrected chi connectivity index (χ3v) is 13.9. The Morgan fingerprint density at radius 1 is 0.286 bits per heavy atom. The van der Waals surface area contributed by atoms with Gasteiger partial charge in [-0.25, -0.2) is 0 Å². The largest absolute Gasteiger partial charge is 0.371 e. The van der Waals surface area contributed by atoms with Crippen molar-refractivity contribution in [2.24, 2.45) is 0 Å². The quantitative estimate of drug-likeness (QED) is 0.0345. The van der Waals surface area contributed by atoms with E-state index in [1.807, 2.05) is 30.3 Å². The van der Waals surface area contributed by atoms with Crippen LogP contribution in [0.4, 0.5) is 0 Å². The van der Waals surface area contributed by atoms with Crippen LogP contribution in [0.2, 0.25) is 0 Å². The standard InChI is InChI=1S/C18H32NO.C17H30NO.C15H26NO.C12H20NO/c1-4-7-14-19(6-3,13-5-2)15-16-20-17-18-11-9-8-10-12-18;1-4-12-18(6-3,13-5-2)14-15-19-16-17-10-8-7-9-11-17;1-4-16(5-2,6-3)12-13-17-14-15-10-8-7-9-11-15;1-13(2,3)9-10-14-11-12-7-5-4-6-8-12/h8-12H,4-7,13-17H2,1-3H3;7-11H,4-6,12-16H2,1-3H3;7-11H,4-6,12-14H2,1-3H3;4-8H,9-11H2,1-3H3/q4*+1. The minimum Gasteiger partial charge on any atom is -0.371 e. The second kappa shape index (κ2) is 40.1. The first-order valence-electron chi connectivity index (χ1n) is 27.7. The lowest BCUT2D eigenvalue weighted by molar-refractivity contribution is -0.927. The Labute approximate surface area is 432 Å². The lowest BCUT2D eigenvalue weighted by Crippen LogP contribution is -2.51. The van der Waals surface area contributed by atoms with Crippen LogP contribution in [0.5, 0.6) is 0 Å². The van der Waals surface area contributed by atoms with Gasteiger partial charge in [-0.1, -0.05) is 155 Å². The Balaban J connectivity index is 0.000000470. The van der Waals surface area contributed by atoms with Gasteiger partial charge in [0.1, 0.15) is 26.2 Å². The fraction of sp³-hybridized carbons (Fsp3) is 0.613. The highest BCUT2D eigenvalue weighted by molar-refractivity contribution is 5.15. The molecule has 0 fully saturated rings. The van der Waals surface area contributed by atoms with Crippen LogP contribution in [-0.4, -0.2) is 151 Å². The number of ether oxygens (including phenoxy) is 4. The zero-order valence-electron chi connectivity index (χ0n) is 47.4. The molecule has 396 valence electrons. The van der Waals surface area contributed by atoms with Gasteiger partial charge in [0.2, 0.25) is 0 Å². The molecule has 0 amide bonds. The summed E-state index contributed by atoms with van der Waals surface area (Å²) < 4.78 is 27.6. The van der Waals surface area contributed by atoms with Crippen LogP contribution in [0.3, 0.4) is 0 Å². The smallest absolute Gasteiger partial charge is 0.102 e. The molecule has 70 heavy (non-hydrogen) atoms. The minimum absolute atomic E-state index is 0.723. The van der Waals surface area contributed by atoms with Gasteiger partial charge in [-0.3, -0.25) is 0 Å². The van der Waals surface area contributed by atoms with Crippen molar-refractivity contribution in [2.75, 3.05) is 133 Å². The molecule has 0 heterocycles. The third kappa shape index (κ3) is 30.4. The van der Waals surface area contributed by atoms with E-state index in [4.69, 9.17) is 18.9 Å². The molecule has 0 aliphatic rings. The number of benzene rings is 4. The summed E-state index contributed by atoms with van der Waals surface area (Å²) in [4.78, 5) is 0. The highest BCUT2D eigenvalue weighted by Crippen LogP contribution is 2.13. The SMILES string of the molecule is CCCC[N+](CC)(CCC)CCOCc1ccccc1.CCC[N+](CC)(CCC)CCOCc1ccccc1.CC[N+](CC)(CC)CCOCc1ccccc1.C[N+](C)(C)CCOCc1ccccc1. The van der Waals surface area contributed by atoms with Gasteiger partial charge in [0.15, 0.2) is 0 Å². The molecule has 0 aliphatic carbocycles. The van der Waals surface area contributed by atoms with E-state index in [1.54, 1.807) is 0 Å². The Bertz CT molecular complexity index is 1710. The van der Waals surface area contributed by atoms with Crippen molar-refractivity contribution in [1.29, 1.82) is 0 Å². The number of likely N-dealkylation sites (N-methyl/N-ethyl adjacent to an activating group) is 4. The number of nitrogens with zero attached hydrogens (tertiary/aromatic N) is 4. The molecule has 0 spiro atoms. The molecule has 8 nitrogen and oxygen atoms in total. The molecular formula is C62H108N4O4+4. The minimum atomic E-state index is 0.723. The number of hydrogen-bond acceptors (Lipinski definition) is 4. The van der Waals surface area contributed by atoms with Gasteiger partial charge in [0.25, 0.3) is 0 Å². The van der Waals surface area contributed by atoms with Crippen LogP contribution >= 0.6 is 0 Å². The maximum Gasteiger partial charge on any atom is 0.102 e. The molecule has 0 N–H and O–H groups in total. The summed E-state index contributed by atoms with van der Waals surface area (Å²) in [5, 5.41) is 0. The average molecular weight is 974 g/mol. The molecule has 0 saturated heterocycles. The molecule has 8 heteroatoms. The summed E-state index contributed by atoms with van der Waals surface area (Å²) in [6.07, 6.45) is 6.39. The number of rotatable bonds is 34. The van der Waals surface area contributed by atoms with Crippen molar-refractivity contribution in [1.82, 2.24) is 0 Å². The molecule has 4 rings (SSSR count). The van der Waals surface area contributed by atoms with Crippen molar-refractivity contribution >= 4 is 0 Å². The first-order chi connectivity index (χ1) is 33.9. The van der Waals surface area contributed by atoms with E-state index in [0.29, 0.717) is 0 Å². The highest BCUT2D eigenvalue weighted by atomic mass is 16.5. The predicted octanol–water partition coefficient (Wildman–Crippen LogP) is 13.1. The van der Waals surface area contributed by atoms with Crippen LogP contribution in [-0.2, 0) is 45.4 Å². The zero-order valence-corrected chi connectivity index (χ0v) is 47.4. The van der Waals surface area contributed by atoms with Crippen LogP contribution < -0.4 is 0 Å². The van der Waals surface area contributed by atoms with Crippen molar-refractivity contribution in [2.45, 2.75) is 121 Å². The predicted molar refractivity (Wildman–Crippen MR) is 301 cm³/mol. The molecule has 1 unspecified atom stereocenters. The molecule has 0 bridgehead atoms. The van der Waals surface area contributed by atoms with Gasteiger partial charge in [-0.15, -0.1) is 0 Å². The summed E-state index contributed by atoms with van der Waals surface area (Å²) in [6, 6.07) is 41.6. The van der Waals surface area contributed by atoms with Crippen LogP contribution in [0.1, 0.15) is 117 Å². The van der Waals surface area contributed by atoms with Crippen LogP contribution in [0, 0.1) is 0 Å². The summed E-state index contributed by atoms with van der Waals surface area (Å²) in [5.41, 5.74) is 5.04. The Hall–Kier alpha value is -3.44. The van der Waals surface area contributed by atoms with Crippen molar-refractivity contribution in [3.8, 4) is 0 Å². The number of quaternary nitrogens is 4. The van der Waals surface area contributed by atoms with Gasteiger partial charge < -0.3 is 36.9 Å². The lowest BCUT2D eigenvalue weighted by Gasteiger charge is -2.37. The van der Waals surface area contributed by atoms with Gasteiger partial charge in [0.05, 0.1) is 133 Å². The van der Waals surface area contributed by atoms with Gasteiger partial charge >= 0.3 is 0 Å². The van der Waals surface area contributed by atoms with E-state index in [9.17, 15) is 0 Å². The number of hydrogen-bond donors (Lipinski definition) is 0. The fourth-order valence-electron chi connectivity index (χ4n) is 8.85. The van der Waals surface area contributed by atoms with Gasteiger partial charge in [-0.05, 0) is 82.6 Å². The third-order valence-electron chi connectivity index (χ3n) is 13.9. The first-order valence-corrected chi connectivity index (χ1v) is 27.7. The van der Waals surface area contributed by atoms with E-state index >= 15 is 0 Å².